The maximum Gasteiger partial charge on any atom is 0.247 e. The highest BCUT2D eigenvalue weighted by atomic mass is 16.2. The van der Waals surface area contributed by atoms with E-state index in [1.165, 1.54) is 5.56 Å². The average Bonchev–Trinajstić information content (AvgIpc) is 2.57. The predicted octanol–water partition coefficient (Wildman–Crippen LogP) is 2.24. The molecule has 0 saturated heterocycles. The van der Waals surface area contributed by atoms with Crippen molar-refractivity contribution in [3.8, 4) is 0 Å². The molecular formula is C15H20N2O. The molecule has 0 spiro atoms. The van der Waals surface area contributed by atoms with Gasteiger partial charge in [-0.3, -0.25) is 4.79 Å². The van der Waals surface area contributed by atoms with E-state index in [1.54, 1.807) is 0 Å². The molecule has 1 aliphatic carbocycles. The molecule has 1 fully saturated rings. The number of para-hydroxylation sites is 1. The molecule has 2 N–H and O–H groups in total. The van der Waals surface area contributed by atoms with Gasteiger partial charge in [-0.05, 0) is 50.2 Å². The number of rotatable bonds is 1. The summed E-state index contributed by atoms with van der Waals surface area (Å²) in [6.45, 7) is 0.814. The molecule has 1 heterocycles. The Kier molecular flexibility index (Phi) is 2.86. The molecule has 1 aromatic carbocycles. The van der Waals surface area contributed by atoms with Gasteiger partial charge in [-0.15, -0.1) is 0 Å². The molecule has 96 valence electrons. The van der Waals surface area contributed by atoms with E-state index < -0.39 is 5.54 Å². The zero-order valence-corrected chi connectivity index (χ0v) is 10.7. The predicted molar refractivity (Wildman–Crippen MR) is 72.5 cm³/mol. The van der Waals surface area contributed by atoms with E-state index in [0.717, 1.165) is 50.8 Å². The second-order valence-electron chi connectivity index (χ2n) is 5.55. The van der Waals surface area contributed by atoms with Crippen molar-refractivity contribution in [2.24, 2.45) is 5.73 Å². The molecule has 0 unspecified atom stereocenters. The zero-order chi connectivity index (χ0) is 12.6. The fourth-order valence-electron chi connectivity index (χ4n) is 2.94. The van der Waals surface area contributed by atoms with E-state index >= 15 is 0 Å². The van der Waals surface area contributed by atoms with Gasteiger partial charge in [-0.2, -0.15) is 0 Å². The van der Waals surface area contributed by atoms with Crippen molar-refractivity contribution in [1.82, 2.24) is 0 Å². The standard InChI is InChI=1S/C15H20N2O/c16-15(9-5-10-15)14(18)17-11-4-3-7-12-6-1-2-8-13(12)17/h1-2,6,8H,3-5,7,9-11,16H2. The molecule has 3 rings (SSSR count). The first-order valence-electron chi connectivity index (χ1n) is 6.89. The van der Waals surface area contributed by atoms with Gasteiger partial charge < -0.3 is 10.6 Å². The first-order valence-corrected chi connectivity index (χ1v) is 6.89. The maximum absolute atomic E-state index is 12.6. The topological polar surface area (TPSA) is 46.3 Å². The van der Waals surface area contributed by atoms with Gasteiger partial charge >= 0.3 is 0 Å². The summed E-state index contributed by atoms with van der Waals surface area (Å²) >= 11 is 0. The van der Waals surface area contributed by atoms with Gasteiger partial charge in [0.2, 0.25) is 5.91 Å². The van der Waals surface area contributed by atoms with E-state index in [0.29, 0.717) is 0 Å². The second-order valence-corrected chi connectivity index (χ2v) is 5.55. The number of anilines is 1. The zero-order valence-electron chi connectivity index (χ0n) is 10.7. The number of carbonyl (C=O) groups is 1. The lowest BCUT2D eigenvalue weighted by molar-refractivity contribution is -0.126. The first-order chi connectivity index (χ1) is 8.71. The number of nitrogens with zero attached hydrogens (tertiary/aromatic N) is 1. The molecule has 0 atom stereocenters. The van der Waals surface area contributed by atoms with E-state index in [9.17, 15) is 4.79 Å². The molecule has 18 heavy (non-hydrogen) atoms. The lowest BCUT2D eigenvalue weighted by atomic mass is 9.76. The minimum absolute atomic E-state index is 0.128. The lowest BCUT2D eigenvalue weighted by Crippen LogP contribution is -2.60. The molecule has 0 aromatic heterocycles. The highest BCUT2D eigenvalue weighted by Crippen LogP contribution is 2.34. The Morgan fingerprint density at radius 2 is 1.94 bits per heavy atom. The summed E-state index contributed by atoms with van der Waals surface area (Å²) in [7, 11) is 0. The first kappa shape index (κ1) is 11.7. The average molecular weight is 244 g/mol. The summed E-state index contributed by atoms with van der Waals surface area (Å²) in [5, 5.41) is 0. The van der Waals surface area contributed by atoms with Crippen molar-refractivity contribution in [3.05, 3.63) is 29.8 Å². The number of fused-ring (bicyclic) bond motifs is 1. The van der Waals surface area contributed by atoms with Gasteiger partial charge in [-0.25, -0.2) is 0 Å². The van der Waals surface area contributed by atoms with E-state index in [-0.39, 0.29) is 5.91 Å². The van der Waals surface area contributed by atoms with Crippen molar-refractivity contribution in [2.45, 2.75) is 44.1 Å². The Labute approximate surface area is 108 Å². The van der Waals surface area contributed by atoms with Gasteiger partial charge in [0.25, 0.3) is 0 Å². The molecule has 1 aliphatic heterocycles. The van der Waals surface area contributed by atoms with Crippen molar-refractivity contribution < 1.29 is 4.79 Å². The quantitative estimate of drug-likeness (QED) is 0.823. The van der Waals surface area contributed by atoms with Crippen LogP contribution in [0.25, 0.3) is 0 Å². The second kappa shape index (κ2) is 4.39. The van der Waals surface area contributed by atoms with E-state index in [4.69, 9.17) is 5.73 Å². The minimum Gasteiger partial charge on any atom is -0.317 e. The van der Waals surface area contributed by atoms with E-state index in [1.807, 2.05) is 17.0 Å². The van der Waals surface area contributed by atoms with Gasteiger partial charge in [-0.1, -0.05) is 18.2 Å². The van der Waals surface area contributed by atoms with Crippen LogP contribution in [0.5, 0.6) is 0 Å². The minimum atomic E-state index is -0.586. The highest BCUT2D eigenvalue weighted by Gasteiger charge is 2.43. The van der Waals surface area contributed by atoms with Crippen molar-refractivity contribution in [3.63, 3.8) is 0 Å². The Morgan fingerprint density at radius 3 is 2.67 bits per heavy atom. The fourth-order valence-corrected chi connectivity index (χ4v) is 2.94. The summed E-state index contributed by atoms with van der Waals surface area (Å²) in [5.74, 6) is 0.128. The smallest absolute Gasteiger partial charge is 0.247 e. The normalized spacial score (nSPS) is 21.7. The molecular weight excluding hydrogens is 224 g/mol. The molecule has 0 bridgehead atoms. The van der Waals surface area contributed by atoms with Gasteiger partial charge in [0.15, 0.2) is 0 Å². The van der Waals surface area contributed by atoms with Crippen LogP contribution < -0.4 is 10.6 Å². The Bertz CT molecular complexity index is 465. The van der Waals surface area contributed by atoms with Crippen molar-refractivity contribution in [2.75, 3.05) is 11.4 Å². The van der Waals surface area contributed by atoms with Crippen LogP contribution in [0.15, 0.2) is 24.3 Å². The van der Waals surface area contributed by atoms with Crippen molar-refractivity contribution in [1.29, 1.82) is 0 Å². The Morgan fingerprint density at radius 1 is 1.17 bits per heavy atom. The lowest BCUT2D eigenvalue weighted by Gasteiger charge is -2.40. The molecule has 1 saturated carbocycles. The molecule has 2 aliphatic rings. The van der Waals surface area contributed by atoms with Gasteiger partial charge in [0, 0.05) is 12.2 Å². The van der Waals surface area contributed by atoms with Crippen LogP contribution in [0, 0.1) is 0 Å². The Balaban J connectivity index is 1.94. The third-order valence-corrected chi connectivity index (χ3v) is 4.28. The number of aryl methyl sites for hydroxylation is 1. The summed E-state index contributed by atoms with van der Waals surface area (Å²) < 4.78 is 0. The number of nitrogens with two attached hydrogens (primary N) is 1. The summed E-state index contributed by atoms with van der Waals surface area (Å²) in [6.07, 6.45) is 6.04. The Hall–Kier alpha value is -1.35. The molecule has 0 radical (unpaired) electrons. The number of hydrogen-bond donors (Lipinski definition) is 1. The third kappa shape index (κ3) is 1.83. The summed E-state index contributed by atoms with van der Waals surface area (Å²) in [5.41, 5.74) is 7.97. The van der Waals surface area contributed by atoms with Crippen LogP contribution in [0.2, 0.25) is 0 Å². The monoisotopic (exact) mass is 244 g/mol. The third-order valence-electron chi connectivity index (χ3n) is 4.28. The molecule has 1 aromatic rings. The van der Waals surface area contributed by atoms with Crippen LogP contribution in [0.4, 0.5) is 5.69 Å². The highest BCUT2D eigenvalue weighted by molar-refractivity contribution is 6.01. The summed E-state index contributed by atoms with van der Waals surface area (Å²) in [4.78, 5) is 14.6. The van der Waals surface area contributed by atoms with Crippen molar-refractivity contribution >= 4 is 11.6 Å². The summed E-state index contributed by atoms with van der Waals surface area (Å²) in [6, 6.07) is 8.24. The molecule has 3 heteroatoms. The van der Waals surface area contributed by atoms with E-state index in [2.05, 4.69) is 12.1 Å². The SMILES string of the molecule is NC1(C(=O)N2CCCCc3ccccc32)CCC1. The van der Waals surface area contributed by atoms with Crippen LogP contribution in [-0.4, -0.2) is 18.0 Å². The van der Waals surface area contributed by atoms with Gasteiger partial charge in [0.05, 0.1) is 5.54 Å². The van der Waals surface area contributed by atoms with Crippen LogP contribution >= 0.6 is 0 Å². The largest absolute Gasteiger partial charge is 0.317 e. The van der Waals surface area contributed by atoms with Crippen LogP contribution in [-0.2, 0) is 11.2 Å². The fraction of sp³-hybridized carbons (Fsp3) is 0.533. The number of amides is 1. The van der Waals surface area contributed by atoms with Gasteiger partial charge in [0.1, 0.15) is 0 Å². The molecule has 3 nitrogen and oxygen atoms in total. The maximum atomic E-state index is 12.6. The van der Waals surface area contributed by atoms with Crippen LogP contribution in [0.3, 0.4) is 0 Å². The number of carbonyl (C=O) groups excluding carboxylic acids is 1. The number of hydrogen-bond acceptors (Lipinski definition) is 2. The molecule has 1 amide bonds. The number of benzene rings is 1. The van der Waals surface area contributed by atoms with Crippen LogP contribution in [0.1, 0.15) is 37.7 Å².